The van der Waals surface area contributed by atoms with E-state index in [0.717, 1.165) is 11.1 Å². The maximum absolute atomic E-state index is 16.4. The minimum atomic E-state index is -1.66. The SMILES string of the molecule is C/C=C(\C=C/C(C)C(=O)NC(C)C(=O)Oc1c2c(c(CC=C(C)C)c3c1C(=O)C(C(C)N1CCOCC1)C(C1C(NC)C(=O)C(C)(C/C=C(/C)C(=O)OC)OC1(C)C)O3)OC(C)(CCC=C(C)C)C=C2)O[C@@H]1O[C@H](CO)[C@@H](O)[C@@H](O)[C@H]1O. The number of amides is 1. The van der Waals surface area contributed by atoms with Gasteiger partial charge in [-0.25, -0.2) is 9.59 Å². The summed E-state index contributed by atoms with van der Waals surface area (Å²) < 4.78 is 50.0. The lowest BCUT2D eigenvalue weighted by molar-refractivity contribution is -0.290. The topological polar surface area (TPSA) is 267 Å². The second kappa shape index (κ2) is 27.4. The highest BCUT2D eigenvalue weighted by molar-refractivity contribution is 6.08. The summed E-state index contributed by atoms with van der Waals surface area (Å²) in [5, 5.41) is 46.7. The summed E-state index contributed by atoms with van der Waals surface area (Å²) in [4.78, 5) is 74.7. The van der Waals surface area contributed by atoms with Crippen LogP contribution in [0.3, 0.4) is 0 Å². The number of aliphatic hydroxyl groups is 4. The van der Waals surface area contributed by atoms with Crippen molar-refractivity contribution in [3.05, 3.63) is 81.7 Å². The fourth-order valence-electron chi connectivity index (χ4n) is 11.5. The first-order valence-electron chi connectivity index (χ1n) is 28.5. The molecule has 3 fully saturated rings. The molecule has 0 radical (unpaired) electrons. The van der Waals surface area contributed by atoms with Gasteiger partial charge in [0.05, 0.1) is 56.0 Å². The van der Waals surface area contributed by atoms with E-state index in [4.69, 9.17) is 37.9 Å². The van der Waals surface area contributed by atoms with Gasteiger partial charge >= 0.3 is 11.9 Å². The van der Waals surface area contributed by atoms with Crippen molar-refractivity contribution in [1.29, 1.82) is 0 Å². The highest BCUT2D eigenvalue weighted by Gasteiger charge is 2.62. The van der Waals surface area contributed by atoms with E-state index in [1.807, 2.05) is 73.6 Å². The molecule has 0 aromatic heterocycles. The predicted octanol–water partition coefficient (Wildman–Crippen LogP) is 5.56. The van der Waals surface area contributed by atoms with Gasteiger partial charge in [-0.3, -0.25) is 19.3 Å². The van der Waals surface area contributed by atoms with E-state index < -0.39 is 120 Å². The fourth-order valence-corrected chi connectivity index (χ4v) is 11.5. The van der Waals surface area contributed by atoms with E-state index in [9.17, 15) is 34.8 Å². The summed E-state index contributed by atoms with van der Waals surface area (Å²) in [5.41, 5.74) is -0.149. The van der Waals surface area contributed by atoms with Gasteiger partial charge in [0.15, 0.2) is 17.3 Å². The van der Waals surface area contributed by atoms with E-state index >= 15 is 9.59 Å². The first-order chi connectivity index (χ1) is 38.6. The molecule has 82 heavy (non-hydrogen) atoms. The molecule has 0 spiro atoms. The van der Waals surface area contributed by atoms with E-state index in [2.05, 4.69) is 21.6 Å². The van der Waals surface area contributed by atoms with Gasteiger partial charge in [0.1, 0.15) is 70.6 Å². The van der Waals surface area contributed by atoms with Gasteiger partial charge in [-0.15, -0.1) is 0 Å². The number of Topliss-reactive ketones (excluding diaryl/α,β-unsaturated/α-hetero) is 2. The van der Waals surface area contributed by atoms with Crippen LogP contribution >= 0.6 is 0 Å². The lowest BCUT2D eigenvalue weighted by Crippen LogP contribution is -2.71. The number of hydrogen-bond acceptors (Lipinski definition) is 19. The molecule has 5 aliphatic heterocycles. The standard InChI is InChI=1S/C62H89N3O17/c1-16-39(77-59-50(70)49(69)47(67)42(32-66)78-59)21-20-35(6)56(72)64-37(8)58(74)80-53-41-24-26-61(12,25-17-18-33(2)3)81-51(41)40(22-19-34(4)5)52-44(53)48(68)43(38(9)65-28-30-76-31-29-65)54(79-52)45-46(63-14)55(71)62(13,82-60(45,10)11)27-23-36(7)57(73)75-15/h16,18-21,23-24,26,35,37-38,42-43,45-47,49-50,54,59,63,66-67,69-70H,17,22,25,27-32H2,1-15H3,(H,64,72)/b21-20-,36-23-,39-16+/t35?,37?,38?,42-,43?,45?,46?,47-,49-,50-,54?,59-,61?,62?/m1/s1. The maximum atomic E-state index is 16.4. The van der Waals surface area contributed by atoms with Crippen LogP contribution < -0.4 is 24.8 Å². The van der Waals surface area contributed by atoms with Gasteiger partial charge in [0.2, 0.25) is 12.2 Å². The molecule has 20 nitrogen and oxygen atoms in total. The molecular weight excluding hydrogens is 1060 g/mol. The number of carbonyl (C=O) groups is 5. The van der Waals surface area contributed by atoms with Crippen LogP contribution in [0.25, 0.3) is 6.08 Å². The lowest BCUT2D eigenvalue weighted by atomic mass is 9.65. The Kier molecular flexibility index (Phi) is 22.0. The summed E-state index contributed by atoms with van der Waals surface area (Å²) in [6.45, 7) is 24.8. The number of esters is 2. The molecule has 1 aromatic carbocycles. The van der Waals surface area contributed by atoms with Crippen molar-refractivity contribution < 1.29 is 82.3 Å². The van der Waals surface area contributed by atoms with E-state index in [-0.39, 0.29) is 41.4 Å². The van der Waals surface area contributed by atoms with Crippen LogP contribution in [-0.2, 0) is 49.3 Å². The Hall–Kier alpha value is -5.55. The largest absolute Gasteiger partial charge is 0.488 e. The third-order valence-electron chi connectivity index (χ3n) is 16.3. The second-order valence-corrected chi connectivity index (χ2v) is 23.7. The molecule has 5 heterocycles. The number of hydrogen-bond donors (Lipinski definition) is 6. The number of nitrogens with one attached hydrogen (secondary N) is 2. The minimum Gasteiger partial charge on any atom is -0.488 e. The number of carbonyl (C=O) groups excluding carboxylic acids is 5. The summed E-state index contributed by atoms with van der Waals surface area (Å²) in [6.07, 6.45) is 6.89. The summed E-state index contributed by atoms with van der Waals surface area (Å²) in [7, 11) is 2.98. The highest BCUT2D eigenvalue weighted by Crippen LogP contribution is 2.55. The van der Waals surface area contributed by atoms with Crippen molar-refractivity contribution in [1.82, 2.24) is 15.5 Å². The highest BCUT2D eigenvalue weighted by atomic mass is 16.7. The van der Waals surface area contributed by atoms with Crippen LogP contribution in [0.2, 0.25) is 0 Å². The van der Waals surface area contributed by atoms with E-state index in [0.29, 0.717) is 61.6 Å². The Bertz CT molecular complexity index is 2710. The molecule has 6 N–H and O–H groups in total. The summed E-state index contributed by atoms with van der Waals surface area (Å²) in [6, 6.07) is -2.75. The zero-order valence-electron chi connectivity index (χ0n) is 50.5. The Labute approximate surface area is 482 Å². The molecule has 20 heteroatoms. The molecule has 1 aromatic rings. The number of ketones is 2. The van der Waals surface area contributed by atoms with Gasteiger partial charge in [-0.2, -0.15) is 0 Å². The Morgan fingerprint density at radius 3 is 2.21 bits per heavy atom. The summed E-state index contributed by atoms with van der Waals surface area (Å²) >= 11 is 0. The van der Waals surface area contributed by atoms with Gasteiger partial charge in [-0.05, 0) is 134 Å². The lowest BCUT2D eigenvalue weighted by Gasteiger charge is -2.55. The smallest absolute Gasteiger partial charge is 0.333 e. The van der Waals surface area contributed by atoms with Crippen molar-refractivity contribution >= 4 is 35.5 Å². The van der Waals surface area contributed by atoms with Crippen LogP contribution in [0, 0.1) is 17.8 Å². The van der Waals surface area contributed by atoms with Gasteiger partial charge in [0.25, 0.3) is 0 Å². The number of likely N-dealkylation sites (N-methyl/N-ethyl adjacent to an activating group) is 1. The van der Waals surface area contributed by atoms with Crippen molar-refractivity contribution in [2.24, 2.45) is 17.8 Å². The molecule has 6 rings (SSSR count). The van der Waals surface area contributed by atoms with Crippen LogP contribution in [0.4, 0.5) is 0 Å². The van der Waals surface area contributed by atoms with Crippen LogP contribution in [0.15, 0.2) is 65.0 Å². The zero-order valence-corrected chi connectivity index (χ0v) is 50.5. The number of morpholine rings is 1. The molecule has 0 bridgehead atoms. The number of nitrogens with zero attached hydrogens (tertiary/aromatic N) is 1. The normalized spacial score (nSPS) is 30.4. The number of methoxy groups -OCH3 is 1. The number of rotatable bonds is 21. The van der Waals surface area contributed by atoms with E-state index in [1.165, 1.54) is 32.3 Å². The van der Waals surface area contributed by atoms with Gasteiger partial charge in [-0.1, -0.05) is 42.4 Å². The predicted molar refractivity (Wildman–Crippen MR) is 306 cm³/mol. The third kappa shape index (κ3) is 14.5. The van der Waals surface area contributed by atoms with Crippen LogP contribution in [0.1, 0.15) is 131 Å². The quantitative estimate of drug-likeness (QED) is 0.0220. The Morgan fingerprint density at radius 1 is 0.927 bits per heavy atom. The van der Waals surface area contributed by atoms with Crippen molar-refractivity contribution in [2.45, 2.75) is 187 Å². The zero-order chi connectivity index (χ0) is 60.8. The number of ether oxygens (including phenoxy) is 8. The van der Waals surface area contributed by atoms with Gasteiger partial charge < -0.3 is 69.0 Å². The van der Waals surface area contributed by atoms with Crippen molar-refractivity contribution in [2.75, 3.05) is 47.1 Å². The van der Waals surface area contributed by atoms with Gasteiger partial charge in [0, 0.05) is 42.6 Å². The number of allylic oxidation sites excluding steroid dienone is 6. The molecule has 14 atom stereocenters. The molecular formula is C62H89N3O17. The van der Waals surface area contributed by atoms with Crippen molar-refractivity contribution in [3.63, 3.8) is 0 Å². The van der Waals surface area contributed by atoms with Crippen LogP contribution in [0.5, 0.6) is 17.2 Å². The Balaban J connectivity index is 1.45. The second-order valence-electron chi connectivity index (χ2n) is 23.7. The molecule has 1 amide bonds. The summed E-state index contributed by atoms with van der Waals surface area (Å²) in [5.74, 6) is -4.94. The molecule has 9 unspecified atom stereocenters. The monoisotopic (exact) mass is 1150 g/mol. The first-order valence-corrected chi connectivity index (χ1v) is 28.5. The fraction of sp³-hybridized carbons (Fsp3) is 0.629. The first kappa shape index (κ1) is 65.6. The number of benzene rings is 1. The maximum Gasteiger partial charge on any atom is 0.333 e. The third-order valence-corrected chi connectivity index (χ3v) is 16.3. The average Bonchev–Trinajstić information content (AvgIpc) is 0.956. The molecule has 0 aliphatic carbocycles. The molecule has 5 aliphatic rings. The molecule has 0 saturated carbocycles. The number of aliphatic hydroxyl groups excluding tert-OH is 4. The average molecular weight is 1150 g/mol. The molecule has 3 saturated heterocycles. The minimum absolute atomic E-state index is 0.00949. The number of fused-ring (bicyclic) bond motifs is 2. The van der Waals surface area contributed by atoms with E-state index in [1.54, 1.807) is 40.8 Å². The van der Waals surface area contributed by atoms with Crippen LogP contribution in [-0.4, -0.2) is 174 Å². The van der Waals surface area contributed by atoms with Crippen molar-refractivity contribution in [3.8, 4) is 17.2 Å². The Morgan fingerprint density at radius 2 is 1.60 bits per heavy atom. The molecule has 454 valence electrons.